The number of ether oxygens (including phenoxy) is 1. The van der Waals surface area contributed by atoms with Gasteiger partial charge in [-0.2, -0.15) is 0 Å². The second-order valence-electron chi connectivity index (χ2n) is 12.4. The fourth-order valence-electron chi connectivity index (χ4n) is 6.76. The van der Waals surface area contributed by atoms with E-state index in [0.29, 0.717) is 24.1 Å². The van der Waals surface area contributed by atoms with Crippen molar-refractivity contribution in [3.63, 3.8) is 0 Å². The van der Waals surface area contributed by atoms with Crippen LogP contribution in [0.15, 0.2) is 42.5 Å². The van der Waals surface area contributed by atoms with Crippen LogP contribution in [-0.4, -0.2) is 74.7 Å². The number of carboxylic acid groups (broad SMARTS) is 1. The van der Waals surface area contributed by atoms with Crippen molar-refractivity contribution in [2.75, 3.05) is 32.3 Å². The largest absolute Gasteiger partial charge is 0.480 e. The molecule has 1 aliphatic carbocycles. The summed E-state index contributed by atoms with van der Waals surface area (Å²) in [6.45, 7) is 4.45. The van der Waals surface area contributed by atoms with E-state index in [4.69, 9.17) is 4.74 Å². The van der Waals surface area contributed by atoms with E-state index < -0.39 is 27.8 Å². The van der Waals surface area contributed by atoms with Gasteiger partial charge in [0.25, 0.3) is 5.91 Å². The van der Waals surface area contributed by atoms with Crippen molar-refractivity contribution in [1.29, 1.82) is 0 Å². The van der Waals surface area contributed by atoms with Crippen LogP contribution < -0.4 is 5.32 Å². The fraction of sp³-hybridized carbons (Fsp3) is 0.576. The smallest absolute Gasteiger partial charge is 0.326 e. The maximum absolute atomic E-state index is 13.5. The number of sulfone groups is 1. The number of nitrogens with one attached hydrogen (secondary N) is 1. The van der Waals surface area contributed by atoms with Crippen LogP contribution in [0, 0.1) is 18.8 Å². The molecule has 2 aliphatic rings. The molecule has 1 amide bonds. The first-order chi connectivity index (χ1) is 20.0. The molecule has 230 valence electrons. The van der Waals surface area contributed by atoms with Gasteiger partial charge in [-0.3, -0.25) is 9.69 Å². The van der Waals surface area contributed by atoms with Gasteiger partial charge in [0.1, 0.15) is 15.9 Å². The Bertz CT molecular complexity index is 1340. The Morgan fingerprint density at radius 1 is 1.07 bits per heavy atom. The molecule has 2 unspecified atom stereocenters. The number of carbonyl (C=O) groups is 2. The van der Waals surface area contributed by atoms with Crippen LogP contribution in [0.2, 0.25) is 0 Å². The predicted molar refractivity (Wildman–Crippen MR) is 165 cm³/mol. The topological polar surface area (TPSA) is 113 Å². The summed E-state index contributed by atoms with van der Waals surface area (Å²) in [5.74, 6) is -0.624. The zero-order valence-corrected chi connectivity index (χ0v) is 26.0. The highest BCUT2D eigenvalue weighted by atomic mass is 32.2. The molecule has 1 saturated carbocycles. The first-order valence-corrected chi connectivity index (χ1v) is 17.2. The number of amides is 1. The number of benzene rings is 2. The minimum Gasteiger partial charge on any atom is -0.480 e. The van der Waals surface area contributed by atoms with E-state index >= 15 is 0 Å². The molecule has 4 rings (SSSR count). The molecule has 1 heterocycles. The summed E-state index contributed by atoms with van der Waals surface area (Å²) in [5.41, 5.74) is 4.08. The third-order valence-corrected chi connectivity index (χ3v) is 9.87. The van der Waals surface area contributed by atoms with Gasteiger partial charge >= 0.3 is 5.97 Å². The summed E-state index contributed by atoms with van der Waals surface area (Å²) in [4.78, 5) is 27.8. The monoisotopic (exact) mass is 598 g/mol. The van der Waals surface area contributed by atoms with E-state index in [1.54, 1.807) is 13.2 Å². The second kappa shape index (κ2) is 14.6. The summed E-state index contributed by atoms with van der Waals surface area (Å²) in [6, 6.07) is 12.6. The second-order valence-corrected chi connectivity index (χ2v) is 14.6. The number of nitrogens with zero attached hydrogens (tertiary/aromatic N) is 1. The lowest BCUT2D eigenvalue weighted by atomic mass is 9.82. The zero-order chi connectivity index (χ0) is 30.3. The first kappa shape index (κ1) is 32.2. The van der Waals surface area contributed by atoms with Crippen LogP contribution in [0.3, 0.4) is 0 Å². The SMILES string of the molecule is COC[C@@H]1CC(CC2CCCCC2)CN1Cc1ccc(C(=O)NC(CCS(C)(=O)=O)C(=O)O)c(-c2ccccc2C)c1. The molecule has 0 spiro atoms. The molecule has 2 N–H and O–H groups in total. The van der Waals surface area contributed by atoms with Crippen LogP contribution >= 0.6 is 0 Å². The average molecular weight is 599 g/mol. The molecule has 2 fully saturated rings. The van der Waals surface area contributed by atoms with Gasteiger partial charge in [0, 0.05) is 38.1 Å². The number of carbonyl (C=O) groups excluding carboxylic acids is 1. The summed E-state index contributed by atoms with van der Waals surface area (Å²) >= 11 is 0. The highest BCUT2D eigenvalue weighted by Crippen LogP contribution is 2.36. The van der Waals surface area contributed by atoms with E-state index in [1.807, 2.05) is 43.3 Å². The van der Waals surface area contributed by atoms with Gasteiger partial charge in [0.15, 0.2) is 0 Å². The summed E-state index contributed by atoms with van der Waals surface area (Å²) < 4.78 is 28.9. The zero-order valence-electron chi connectivity index (χ0n) is 25.2. The van der Waals surface area contributed by atoms with Crippen molar-refractivity contribution in [3.05, 3.63) is 59.2 Å². The van der Waals surface area contributed by atoms with Crippen molar-refractivity contribution >= 4 is 21.7 Å². The maximum Gasteiger partial charge on any atom is 0.326 e. The number of hydrogen-bond acceptors (Lipinski definition) is 6. The molecule has 0 radical (unpaired) electrons. The summed E-state index contributed by atoms with van der Waals surface area (Å²) in [6.07, 6.45) is 10.1. The molecule has 2 aromatic rings. The Balaban J connectivity index is 1.57. The number of carboxylic acids is 1. The Morgan fingerprint density at radius 2 is 1.81 bits per heavy atom. The Morgan fingerprint density at radius 3 is 2.48 bits per heavy atom. The quantitative estimate of drug-likeness (QED) is 0.330. The predicted octanol–water partition coefficient (Wildman–Crippen LogP) is 5.09. The van der Waals surface area contributed by atoms with Gasteiger partial charge in [-0.25, -0.2) is 13.2 Å². The van der Waals surface area contributed by atoms with E-state index in [-0.39, 0.29) is 12.2 Å². The third-order valence-electron chi connectivity index (χ3n) is 8.90. The molecule has 0 bridgehead atoms. The van der Waals surface area contributed by atoms with Crippen molar-refractivity contribution in [2.45, 2.75) is 76.9 Å². The molecule has 0 aromatic heterocycles. The van der Waals surface area contributed by atoms with Crippen molar-refractivity contribution in [1.82, 2.24) is 10.2 Å². The summed E-state index contributed by atoms with van der Waals surface area (Å²) in [7, 11) is -1.62. The lowest BCUT2D eigenvalue weighted by molar-refractivity contribution is -0.139. The van der Waals surface area contributed by atoms with E-state index in [2.05, 4.69) is 10.2 Å². The molecular formula is C33H46N2O6S. The van der Waals surface area contributed by atoms with Crippen molar-refractivity contribution in [2.24, 2.45) is 11.8 Å². The molecule has 3 atom stereocenters. The van der Waals surface area contributed by atoms with E-state index in [0.717, 1.165) is 53.9 Å². The molecule has 8 nitrogen and oxygen atoms in total. The Labute approximate surface area is 250 Å². The minimum atomic E-state index is -3.38. The molecule has 2 aromatic carbocycles. The fourth-order valence-corrected chi connectivity index (χ4v) is 7.42. The number of aryl methyl sites for hydroxylation is 1. The number of rotatable bonds is 13. The Kier molecular flexibility index (Phi) is 11.2. The van der Waals surface area contributed by atoms with Gasteiger partial charge in [-0.05, 0) is 72.4 Å². The minimum absolute atomic E-state index is 0.199. The highest BCUT2D eigenvalue weighted by Gasteiger charge is 2.34. The van der Waals surface area contributed by atoms with Gasteiger partial charge < -0.3 is 15.2 Å². The number of aliphatic carboxylic acids is 1. The number of hydrogen-bond donors (Lipinski definition) is 2. The van der Waals surface area contributed by atoms with Gasteiger partial charge in [0.2, 0.25) is 0 Å². The van der Waals surface area contributed by atoms with Crippen LogP contribution in [0.4, 0.5) is 0 Å². The van der Waals surface area contributed by atoms with Gasteiger partial charge in [-0.1, -0.05) is 62.4 Å². The van der Waals surface area contributed by atoms with Gasteiger partial charge in [-0.15, -0.1) is 0 Å². The third kappa shape index (κ3) is 8.88. The van der Waals surface area contributed by atoms with Crippen LogP contribution in [0.25, 0.3) is 11.1 Å². The van der Waals surface area contributed by atoms with Crippen LogP contribution in [0.1, 0.15) is 72.9 Å². The molecule has 1 saturated heterocycles. The first-order valence-electron chi connectivity index (χ1n) is 15.2. The molecular weight excluding hydrogens is 552 g/mol. The lowest BCUT2D eigenvalue weighted by Crippen LogP contribution is -2.42. The maximum atomic E-state index is 13.5. The molecule has 9 heteroatoms. The normalized spacial score (nSPS) is 20.8. The molecule has 42 heavy (non-hydrogen) atoms. The van der Waals surface area contributed by atoms with Crippen molar-refractivity contribution < 1.29 is 27.9 Å². The average Bonchev–Trinajstić information content (AvgIpc) is 3.31. The lowest BCUT2D eigenvalue weighted by Gasteiger charge is -2.25. The van der Waals surface area contributed by atoms with E-state index in [9.17, 15) is 23.1 Å². The van der Waals surface area contributed by atoms with E-state index in [1.165, 1.54) is 38.5 Å². The highest BCUT2D eigenvalue weighted by molar-refractivity contribution is 7.90. The van der Waals surface area contributed by atoms with Crippen molar-refractivity contribution in [3.8, 4) is 11.1 Å². The summed E-state index contributed by atoms with van der Waals surface area (Å²) in [5, 5.41) is 12.2. The Hall–Kier alpha value is -2.75. The van der Waals surface area contributed by atoms with Gasteiger partial charge in [0.05, 0.1) is 12.4 Å². The standard InChI is InChI=1S/C33H46N2O6S/c1-23-9-7-8-12-28(23)30-19-25(13-14-29(30)32(36)34-31(33(37)38)15-16-42(3,39)40)20-35-21-26(18-27(35)22-41-2)17-24-10-5-4-6-11-24/h7-9,12-14,19,24,26-27,31H,4-6,10-11,15-18,20-22H2,1-3H3,(H,34,36)(H,37,38)/t26?,27-,31?/m0/s1. The van der Waals surface area contributed by atoms with Crippen LogP contribution in [0.5, 0.6) is 0 Å². The number of likely N-dealkylation sites (tertiary alicyclic amines) is 1. The van der Waals surface area contributed by atoms with Crippen LogP contribution in [-0.2, 0) is 25.9 Å². The number of methoxy groups -OCH3 is 1. The molecule has 1 aliphatic heterocycles.